The highest BCUT2D eigenvalue weighted by Crippen LogP contribution is 2.40. The van der Waals surface area contributed by atoms with Crippen LogP contribution in [0, 0.1) is 0 Å². The number of ether oxygens (including phenoxy) is 16. The SMILES string of the molecule is O=C(CCCO[C@H]1O[C@@H](COC2O[C@H](COC3O[C@H](CO)[C@@H](O)[C@H](O)[C@@H]3OC3O[C@@H](COP(=O)(O)O)[C@H](O)[C@@H](O)[C@H]3O)[C@@H](O)[C@H](O)[C@@H]2O)[C@H](O)[C@@H](OC2O[C@@H](CO)[C@H](O)[C@@H](O)[C@H]2OC2O[C@@H](COP(=O)(O)O)[C@H](O)[C@@H](O)[C@H]2O)[C@H]1O)NNC(=O)CCOCCOCCOCCOCCN1C(=O)C=CC1=O. The lowest BCUT2D eigenvalue weighted by atomic mass is 9.96. The molecule has 0 aliphatic carbocycles. The molecule has 7 heterocycles. The molecule has 105 heavy (non-hydrogen) atoms. The number of carbonyl (C=O) groups is 4. The molecule has 7 aliphatic rings. The summed E-state index contributed by atoms with van der Waals surface area (Å²) in [5.41, 5.74) is 4.38. The number of hydrogen-bond acceptors (Lipinski definition) is 41. The number of phosphoric acid groups is 2. The van der Waals surface area contributed by atoms with Gasteiger partial charge in [0.15, 0.2) is 37.7 Å². The van der Waals surface area contributed by atoms with Gasteiger partial charge < -0.3 is 182 Å². The number of nitrogens with zero attached hydrogens (tertiary/aromatic N) is 1. The van der Waals surface area contributed by atoms with E-state index < -0.39 is 270 Å². The molecule has 6 fully saturated rings. The number of imide groups is 1. The predicted molar refractivity (Wildman–Crippen MR) is 324 cm³/mol. The van der Waals surface area contributed by atoms with Crippen LogP contribution in [0.5, 0.6) is 0 Å². The number of amides is 4. The third-order valence-corrected chi connectivity index (χ3v) is 17.9. The fourth-order valence-corrected chi connectivity index (χ4v) is 11.8. The van der Waals surface area contributed by atoms with Crippen LogP contribution in [0.2, 0.25) is 0 Å². The molecule has 23 N–H and O–H groups in total. The maximum Gasteiger partial charge on any atom is 0.469 e. The summed E-state index contributed by atoms with van der Waals surface area (Å²) in [7, 11) is -10.5. The molecule has 4 amide bonds. The van der Waals surface area contributed by atoms with E-state index in [-0.39, 0.29) is 78.7 Å². The largest absolute Gasteiger partial charge is 0.469 e. The van der Waals surface area contributed by atoms with Gasteiger partial charge in [0.25, 0.3) is 11.8 Å². The van der Waals surface area contributed by atoms with Gasteiger partial charge in [-0.1, -0.05) is 0 Å². The number of hydrogen-bond donors (Lipinski definition) is 23. The minimum absolute atomic E-state index is 0.0808. The summed E-state index contributed by atoms with van der Waals surface area (Å²) in [6.45, 7) is -5.57. The van der Waals surface area contributed by atoms with Gasteiger partial charge in [-0.3, -0.25) is 44.0 Å². The highest BCUT2D eigenvalue weighted by molar-refractivity contribution is 7.46. The Kier molecular flexibility index (Phi) is 35.4. The third kappa shape index (κ3) is 25.4. The molecule has 0 aromatic carbocycles. The molecule has 7 rings (SSSR count). The van der Waals surface area contributed by atoms with Gasteiger partial charge in [-0.15, -0.1) is 0 Å². The zero-order chi connectivity index (χ0) is 77.2. The Bertz CT molecular complexity index is 2790. The van der Waals surface area contributed by atoms with Crippen molar-refractivity contribution >= 4 is 39.3 Å². The fraction of sp³-hybridized carbons (Fsp3) is 0.891. The number of nitrogens with one attached hydrogen (secondary N) is 2. The predicted octanol–water partition coefficient (Wildman–Crippen LogP) is -14.5. The van der Waals surface area contributed by atoms with Crippen LogP contribution < -0.4 is 10.9 Å². The van der Waals surface area contributed by atoms with Crippen LogP contribution in [0.4, 0.5) is 0 Å². The van der Waals surface area contributed by atoms with Crippen LogP contribution in [0.15, 0.2) is 12.2 Å². The molecule has 608 valence electrons. The van der Waals surface area contributed by atoms with E-state index in [9.17, 15) is 135 Å². The van der Waals surface area contributed by atoms with Crippen molar-refractivity contribution in [3.8, 4) is 0 Å². The average Bonchev–Trinajstić information content (AvgIpc) is 1.23. The second-order valence-electron chi connectivity index (χ2n) is 24.5. The fourth-order valence-electron chi connectivity index (χ4n) is 11.1. The second-order valence-corrected chi connectivity index (χ2v) is 26.9. The van der Waals surface area contributed by atoms with Crippen LogP contribution in [-0.2, 0) is 113 Å². The molecular formula is C55H93N3O45P2. The van der Waals surface area contributed by atoms with E-state index in [1.54, 1.807) is 0 Å². The van der Waals surface area contributed by atoms with Crippen molar-refractivity contribution in [2.45, 2.75) is 203 Å². The van der Waals surface area contributed by atoms with E-state index in [4.69, 9.17) is 75.8 Å². The van der Waals surface area contributed by atoms with Crippen molar-refractivity contribution in [2.75, 3.05) is 106 Å². The molecule has 0 spiro atoms. The second kappa shape index (κ2) is 41.8. The highest BCUT2D eigenvalue weighted by Gasteiger charge is 2.57. The number of aliphatic hydroxyl groups excluding tert-OH is 17. The lowest BCUT2D eigenvalue weighted by Crippen LogP contribution is -2.67. The van der Waals surface area contributed by atoms with Crippen molar-refractivity contribution in [3.05, 3.63) is 12.2 Å². The zero-order valence-corrected chi connectivity index (χ0v) is 57.2. The van der Waals surface area contributed by atoms with Crippen LogP contribution >= 0.6 is 15.6 Å². The summed E-state index contributed by atoms with van der Waals surface area (Å²) in [6.07, 6.45) is -61.1. The van der Waals surface area contributed by atoms with E-state index >= 15 is 0 Å². The van der Waals surface area contributed by atoms with Crippen LogP contribution in [-0.4, -0.2) is 425 Å². The first-order chi connectivity index (χ1) is 49.6. The van der Waals surface area contributed by atoms with Crippen molar-refractivity contribution in [2.24, 2.45) is 0 Å². The minimum atomic E-state index is -5.27. The smallest absolute Gasteiger partial charge is 0.394 e. The maximum absolute atomic E-state index is 12.8. The van der Waals surface area contributed by atoms with Gasteiger partial charge in [0.2, 0.25) is 11.8 Å². The molecule has 30 atom stereocenters. The maximum atomic E-state index is 12.8. The number of aliphatic hydroxyl groups is 17. The standard InChI is InChI=1S/C55H93N3O45P2/c59-16-22-32(65)41(74)48(102-52-44(77)39(72)35(68)26(99-52)20-93-104(80,81)82)54(95-22)92-18-24-34(67)38(71)43(76)50(97-24)91-19-25-37(70)47(101-55-49(42(75)33(66)23(17-60)96-55)103-53-45(78)40(73)36(69)27(100-53)21-94-105(83,84)85)46(79)51(98-25)90-7-1-2-28(61)56-57-29(62)5-8-86-10-12-88-14-15-89-13-11-87-9-6-58-30(63)3-4-31(58)64/h3-4,22-27,32-55,59-60,65-79H,1-2,5-21H2,(H,56,61)(H,57,62)(H2,80,81,82)(H2,83,84,85)/t22-,23+,24-,25+,26+,27+,32-,33+,34-,35+,36+,37+,38+,39-,40-,41+,42-,43+,44-,45-,46-,47-,48+,49-,50?,51+,52?,53?,54?,55?/m1/s1. The first-order valence-electron chi connectivity index (χ1n) is 32.6. The molecule has 48 nitrogen and oxygen atoms in total. The zero-order valence-electron chi connectivity index (χ0n) is 55.4. The Balaban J connectivity index is 0.970. The van der Waals surface area contributed by atoms with E-state index in [2.05, 4.69) is 19.9 Å². The molecule has 6 saturated heterocycles. The average molecular weight is 1580 g/mol. The number of hydrazine groups is 1. The van der Waals surface area contributed by atoms with Gasteiger partial charge >= 0.3 is 15.6 Å². The van der Waals surface area contributed by atoms with Gasteiger partial charge in [0.05, 0.1) is 112 Å². The third-order valence-electron chi connectivity index (χ3n) is 17.0. The summed E-state index contributed by atoms with van der Waals surface area (Å²) in [5, 5.41) is 186. The Hall–Kier alpha value is -3.28. The lowest BCUT2D eigenvalue weighted by Gasteiger charge is -2.48. The number of rotatable bonds is 40. The van der Waals surface area contributed by atoms with Crippen LogP contribution in [0.3, 0.4) is 0 Å². The first-order valence-corrected chi connectivity index (χ1v) is 35.7. The molecule has 5 unspecified atom stereocenters. The molecule has 0 saturated carbocycles. The van der Waals surface area contributed by atoms with Crippen molar-refractivity contribution in [1.29, 1.82) is 0 Å². The van der Waals surface area contributed by atoms with E-state index in [0.29, 0.717) is 0 Å². The Morgan fingerprint density at radius 1 is 0.371 bits per heavy atom. The van der Waals surface area contributed by atoms with E-state index in [1.807, 2.05) is 0 Å². The Morgan fingerprint density at radius 2 is 0.724 bits per heavy atom. The normalized spacial score (nSPS) is 39.2. The summed E-state index contributed by atoms with van der Waals surface area (Å²) >= 11 is 0. The van der Waals surface area contributed by atoms with E-state index in [0.717, 1.165) is 4.90 Å². The van der Waals surface area contributed by atoms with Gasteiger partial charge in [-0.05, 0) is 6.42 Å². The lowest BCUT2D eigenvalue weighted by molar-refractivity contribution is -0.391. The quantitative estimate of drug-likeness (QED) is 0.0117. The first kappa shape index (κ1) is 88.9. The van der Waals surface area contributed by atoms with Gasteiger partial charge in [0.1, 0.15) is 146 Å². The highest BCUT2D eigenvalue weighted by atomic mass is 31.2. The molecule has 0 radical (unpaired) electrons. The van der Waals surface area contributed by atoms with Crippen molar-refractivity contribution < 1.29 is 220 Å². The summed E-state index contributed by atoms with van der Waals surface area (Å²) < 4.78 is 122. The number of carbonyl (C=O) groups excluding carboxylic acids is 4. The topological polar surface area (TPSA) is 721 Å². The van der Waals surface area contributed by atoms with Crippen molar-refractivity contribution in [1.82, 2.24) is 15.8 Å². The number of phosphoric ester groups is 2. The van der Waals surface area contributed by atoms with Crippen LogP contribution in [0.25, 0.3) is 0 Å². The molecule has 50 heteroatoms. The van der Waals surface area contributed by atoms with Crippen molar-refractivity contribution in [3.63, 3.8) is 0 Å². The molecular weight excluding hydrogens is 1480 g/mol. The summed E-state index contributed by atoms with van der Waals surface area (Å²) in [6, 6.07) is 0. The summed E-state index contributed by atoms with van der Waals surface area (Å²) in [5.74, 6) is -2.25. The molecule has 7 aliphatic heterocycles. The molecule has 0 aromatic heterocycles. The molecule has 0 aromatic rings. The minimum Gasteiger partial charge on any atom is -0.394 e. The van der Waals surface area contributed by atoms with Crippen LogP contribution in [0.1, 0.15) is 19.3 Å². The summed E-state index contributed by atoms with van der Waals surface area (Å²) in [4.78, 5) is 86.4. The van der Waals surface area contributed by atoms with Gasteiger partial charge in [-0.25, -0.2) is 9.13 Å². The Morgan fingerprint density at radius 3 is 1.19 bits per heavy atom. The molecule has 0 bridgehead atoms. The van der Waals surface area contributed by atoms with Gasteiger partial charge in [0, 0.05) is 18.6 Å². The monoisotopic (exact) mass is 1580 g/mol. The van der Waals surface area contributed by atoms with Gasteiger partial charge in [-0.2, -0.15) is 0 Å². The van der Waals surface area contributed by atoms with E-state index in [1.165, 1.54) is 12.2 Å². The Labute approximate surface area is 594 Å².